The van der Waals surface area contributed by atoms with E-state index in [4.69, 9.17) is 5.73 Å². The van der Waals surface area contributed by atoms with E-state index in [2.05, 4.69) is 4.98 Å². The molecule has 0 radical (unpaired) electrons. The van der Waals surface area contributed by atoms with Crippen LogP contribution in [0.3, 0.4) is 0 Å². The van der Waals surface area contributed by atoms with Crippen LogP contribution in [0.25, 0.3) is 11.0 Å². The van der Waals surface area contributed by atoms with E-state index < -0.39 is 0 Å². The van der Waals surface area contributed by atoms with Crippen LogP contribution in [0.2, 0.25) is 0 Å². The number of rotatable bonds is 4. The van der Waals surface area contributed by atoms with Crippen LogP contribution in [0.4, 0.5) is 5.69 Å². The Labute approximate surface area is 106 Å². The van der Waals surface area contributed by atoms with Gasteiger partial charge in [0, 0.05) is 18.8 Å². The van der Waals surface area contributed by atoms with Gasteiger partial charge < -0.3 is 15.2 Å². The summed E-state index contributed by atoms with van der Waals surface area (Å²) in [7, 11) is 0. The largest absolute Gasteiger partial charge is 0.399 e. The lowest BCUT2D eigenvalue weighted by Crippen LogP contribution is -2.33. The van der Waals surface area contributed by atoms with Gasteiger partial charge in [-0.3, -0.25) is 4.79 Å². The normalized spacial score (nSPS) is 10.8. The summed E-state index contributed by atoms with van der Waals surface area (Å²) in [6.45, 7) is 5.74. The third kappa shape index (κ3) is 2.30. The lowest BCUT2D eigenvalue weighted by Gasteiger charge is -2.18. The number of likely N-dealkylation sites (N-methyl/N-ethyl adjacent to an activating group) is 1. The summed E-state index contributed by atoms with van der Waals surface area (Å²) in [5, 5.41) is 0. The standard InChI is InChI=1S/C13H18N4O/c1-3-16(4-2)13(18)8-17-9-15-11-7-10(14)5-6-12(11)17/h5-7,9H,3-4,8,14H2,1-2H3. The second kappa shape index (κ2) is 5.08. The first-order chi connectivity index (χ1) is 8.65. The summed E-state index contributed by atoms with van der Waals surface area (Å²) in [5.74, 6) is 0.108. The summed E-state index contributed by atoms with van der Waals surface area (Å²) in [6.07, 6.45) is 1.69. The zero-order valence-corrected chi connectivity index (χ0v) is 10.8. The number of carbonyl (C=O) groups excluding carboxylic acids is 1. The highest BCUT2D eigenvalue weighted by Crippen LogP contribution is 2.16. The average molecular weight is 246 g/mol. The Morgan fingerprint density at radius 2 is 2.11 bits per heavy atom. The van der Waals surface area contributed by atoms with E-state index in [0.29, 0.717) is 12.2 Å². The fourth-order valence-corrected chi connectivity index (χ4v) is 2.03. The van der Waals surface area contributed by atoms with Crippen LogP contribution in [0.1, 0.15) is 13.8 Å². The zero-order chi connectivity index (χ0) is 13.1. The first-order valence-electron chi connectivity index (χ1n) is 6.13. The molecule has 0 atom stereocenters. The minimum absolute atomic E-state index is 0.108. The van der Waals surface area contributed by atoms with Gasteiger partial charge in [0.15, 0.2) is 0 Å². The van der Waals surface area contributed by atoms with Gasteiger partial charge in [0.1, 0.15) is 6.54 Å². The van der Waals surface area contributed by atoms with Gasteiger partial charge in [-0.2, -0.15) is 0 Å². The first-order valence-corrected chi connectivity index (χ1v) is 6.13. The summed E-state index contributed by atoms with van der Waals surface area (Å²) in [4.78, 5) is 18.1. The third-order valence-corrected chi connectivity index (χ3v) is 3.07. The van der Waals surface area contributed by atoms with Crippen molar-refractivity contribution in [3.63, 3.8) is 0 Å². The van der Waals surface area contributed by atoms with Crippen molar-refractivity contribution in [1.29, 1.82) is 0 Å². The van der Waals surface area contributed by atoms with Crippen molar-refractivity contribution >= 4 is 22.6 Å². The number of hydrogen-bond donors (Lipinski definition) is 1. The summed E-state index contributed by atoms with van der Waals surface area (Å²) in [6, 6.07) is 5.53. The van der Waals surface area contributed by atoms with Crippen LogP contribution in [-0.2, 0) is 11.3 Å². The van der Waals surface area contributed by atoms with Crippen molar-refractivity contribution < 1.29 is 4.79 Å². The van der Waals surface area contributed by atoms with Crippen molar-refractivity contribution in [3.05, 3.63) is 24.5 Å². The number of imidazole rings is 1. The van der Waals surface area contributed by atoms with Crippen molar-refractivity contribution in [2.24, 2.45) is 0 Å². The van der Waals surface area contributed by atoms with Crippen molar-refractivity contribution in [1.82, 2.24) is 14.5 Å². The minimum atomic E-state index is 0.108. The van der Waals surface area contributed by atoms with E-state index >= 15 is 0 Å². The quantitative estimate of drug-likeness (QED) is 0.831. The maximum atomic E-state index is 12.0. The molecule has 2 aromatic rings. The smallest absolute Gasteiger partial charge is 0.242 e. The Morgan fingerprint density at radius 3 is 2.78 bits per heavy atom. The zero-order valence-electron chi connectivity index (χ0n) is 10.8. The van der Waals surface area contributed by atoms with Crippen LogP contribution in [-0.4, -0.2) is 33.4 Å². The summed E-state index contributed by atoms with van der Waals surface area (Å²) in [5.41, 5.74) is 8.14. The topological polar surface area (TPSA) is 64.2 Å². The molecule has 0 bridgehead atoms. The van der Waals surface area contributed by atoms with Crippen molar-refractivity contribution in [2.45, 2.75) is 20.4 Å². The van der Waals surface area contributed by atoms with E-state index in [1.807, 2.05) is 41.5 Å². The van der Waals surface area contributed by atoms with Crippen LogP contribution >= 0.6 is 0 Å². The maximum absolute atomic E-state index is 12.0. The molecular weight excluding hydrogens is 228 g/mol. The first kappa shape index (κ1) is 12.4. The Hall–Kier alpha value is -2.04. The third-order valence-electron chi connectivity index (χ3n) is 3.07. The highest BCUT2D eigenvalue weighted by atomic mass is 16.2. The molecule has 1 amide bonds. The molecule has 18 heavy (non-hydrogen) atoms. The molecular formula is C13H18N4O. The van der Waals surface area contributed by atoms with E-state index in [9.17, 15) is 4.79 Å². The highest BCUT2D eigenvalue weighted by molar-refractivity contribution is 5.82. The SMILES string of the molecule is CCN(CC)C(=O)Cn1cnc2cc(N)ccc21. The van der Waals surface area contributed by atoms with Crippen molar-refractivity contribution in [3.8, 4) is 0 Å². The predicted molar refractivity (Wildman–Crippen MR) is 72.1 cm³/mol. The second-order valence-electron chi connectivity index (χ2n) is 4.19. The van der Waals surface area contributed by atoms with Gasteiger partial charge in [-0.15, -0.1) is 0 Å². The number of anilines is 1. The van der Waals surface area contributed by atoms with Gasteiger partial charge in [-0.1, -0.05) is 0 Å². The van der Waals surface area contributed by atoms with Gasteiger partial charge in [0.25, 0.3) is 0 Å². The predicted octanol–water partition coefficient (Wildman–Crippen LogP) is 1.49. The van der Waals surface area contributed by atoms with Crippen LogP contribution in [0, 0.1) is 0 Å². The molecule has 1 heterocycles. The molecule has 1 aromatic heterocycles. The van der Waals surface area contributed by atoms with Gasteiger partial charge in [0.2, 0.25) is 5.91 Å². The number of nitrogens with two attached hydrogens (primary N) is 1. The Balaban J connectivity index is 2.24. The Bertz CT molecular complexity index is 557. The number of carbonyl (C=O) groups is 1. The summed E-state index contributed by atoms with van der Waals surface area (Å²) >= 11 is 0. The number of fused-ring (bicyclic) bond motifs is 1. The summed E-state index contributed by atoms with van der Waals surface area (Å²) < 4.78 is 1.86. The van der Waals surface area contributed by atoms with Crippen LogP contribution < -0.4 is 5.73 Å². The lowest BCUT2D eigenvalue weighted by molar-refractivity contribution is -0.131. The number of nitrogen functional groups attached to an aromatic ring is 1. The van der Waals surface area contributed by atoms with E-state index in [0.717, 1.165) is 24.1 Å². The second-order valence-corrected chi connectivity index (χ2v) is 4.19. The number of aromatic nitrogens is 2. The van der Waals surface area contributed by atoms with Gasteiger partial charge in [-0.05, 0) is 32.0 Å². The molecule has 0 aliphatic carbocycles. The fourth-order valence-electron chi connectivity index (χ4n) is 2.03. The number of hydrogen-bond acceptors (Lipinski definition) is 3. The minimum Gasteiger partial charge on any atom is -0.399 e. The molecule has 5 heteroatoms. The molecule has 2 N–H and O–H groups in total. The molecule has 1 aromatic carbocycles. The molecule has 0 saturated heterocycles. The Kier molecular flexibility index (Phi) is 3.50. The van der Waals surface area contributed by atoms with E-state index in [1.165, 1.54) is 0 Å². The van der Waals surface area contributed by atoms with E-state index in [-0.39, 0.29) is 5.91 Å². The highest BCUT2D eigenvalue weighted by Gasteiger charge is 2.12. The van der Waals surface area contributed by atoms with Crippen LogP contribution in [0.5, 0.6) is 0 Å². The van der Waals surface area contributed by atoms with Crippen LogP contribution in [0.15, 0.2) is 24.5 Å². The molecule has 0 unspecified atom stereocenters. The monoisotopic (exact) mass is 246 g/mol. The molecule has 5 nitrogen and oxygen atoms in total. The molecule has 0 spiro atoms. The Morgan fingerprint density at radius 1 is 1.39 bits per heavy atom. The maximum Gasteiger partial charge on any atom is 0.242 e. The molecule has 2 rings (SSSR count). The molecule has 0 aliphatic heterocycles. The van der Waals surface area contributed by atoms with E-state index in [1.54, 1.807) is 6.33 Å². The van der Waals surface area contributed by atoms with Crippen molar-refractivity contribution in [2.75, 3.05) is 18.8 Å². The van der Waals surface area contributed by atoms with Gasteiger partial charge >= 0.3 is 0 Å². The van der Waals surface area contributed by atoms with Gasteiger partial charge in [-0.25, -0.2) is 4.98 Å². The lowest BCUT2D eigenvalue weighted by atomic mass is 10.3. The fraction of sp³-hybridized carbons (Fsp3) is 0.385. The average Bonchev–Trinajstić information content (AvgIpc) is 2.73. The molecule has 0 aliphatic rings. The molecule has 0 fully saturated rings. The molecule has 96 valence electrons. The van der Waals surface area contributed by atoms with Gasteiger partial charge in [0.05, 0.1) is 17.4 Å². The number of amides is 1. The molecule has 0 saturated carbocycles. The number of nitrogens with zero attached hydrogens (tertiary/aromatic N) is 3. The number of benzene rings is 1.